The minimum absolute atomic E-state index is 0. The summed E-state index contributed by atoms with van der Waals surface area (Å²) >= 11 is 0. The largest absolute Gasteiger partial charge is 1.00 e. The molecule has 0 spiro atoms. The van der Waals surface area contributed by atoms with Gasteiger partial charge in [0.2, 0.25) is 0 Å². The summed E-state index contributed by atoms with van der Waals surface area (Å²) in [6, 6.07) is 29.8. The van der Waals surface area contributed by atoms with Crippen molar-refractivity contribution in [2.24, 2.45) is 0 Å². The average Bonchev–Trinajstić information content (AvgIpc) is 3.36. The Kier molecular flexibility index (Phi) is 7.18. The molecular formula is C28H28Li2Si. The molecule has 0 nitrogen and oxygen atoms in total. The zero-order chi connectivity index (χ0) is 20.2. The van der Waals surface area contributed by atoms with Crippen LogP contribution >= 0.6 is 0 Å². The summed E-state index contributed by atoms with van der Waals surface area (Å²) in [6.07, 6.45) is 1.18. The molecule has 3 heteroatoms. The van der Waals surface area contributed by atoms with Gasteiger partial charge in [-0.25, -0.2) is 0 Å². The van der Waals surface area contributed by atoms with E-state index >= 15 is 0 Å². The molecule has 0 fully saturated rings. The van der Waals surface area contributed by atoms with Crippen molar-refractivity contribution in [2.45, 2.75) is 39.3 Å². The van der Waals surface area contributed by atoms with E-state index in [1.54, 1.807) is 10.4 Å². The molecule has 0 bridgehead atoms. The van der Waals surface area contributed by atoms with Crippen LogP contribution in [0.4, 0.5) is 0 Å². The first-order valence-corrected chi connectivity index (χ1v) is 13.8. The van der Waals surface area contributed by atoms with Crippen molar-refractivity contribution < 1.29 is 37.7 Å². The van der Waals surface area contributed by atoms with Crippen LogP contribution in [0, 0.1) is 0 Å². The van der Waals surface area contributed by atoms with Crippen LogP contribution in [-0.4, -0.2) is 8.07 Å². The third kappa shape index (κ3) is 3.82. The third-order valence-electron chi connectivity index (χ3n) is 7.00. The fourth-order valence-electron chi connectivity index (χ4n) is 5.08. The summed E-state index contributed by atoms with van der Waals surface area (Å²) in [5.41, 5.74) is 4.37. The molecule has 0 N–H and O–H groups in total. The Morgan fingerprint density at radius 1 is 0.774 bits per heavy atom. The third-order valence-corrected chi connectivity index (χ3v) is 10.5. The molecule has 0 aliphatic heterocycles. The number of hydrogen-bond acceptors (Lipinski definition) is 0. The zero-order valence-electron chi connectivity index (χ0n) is 19.8. The number of rotatable bonds is 4. The van der Waals surface area contributed by atoms with E-state index in [9.17, 15) is 0 Å². The topological polar surface area (TPSA) is 0 Å². The van der Waals surface area contributed by atoms with Gasteiger partial charge in [-0.15, -0.1) is 88.3 Å². The molecule has 3 aromatic carbocycles. The maximum atomic E-state index is 2.55. The van der Waals surface area contributed by atoms with Gasteiger partial charge in [0.05, 0.1) is 8.07 Å². The molecule has 1 unspecified atom stereocenters. The Balaban J connectivity index is 0.00000136. The Morgan fingerprint density at radius 3 is 2.23 bits per heavy atom. The first-order chi connectivity index (χ1) is 14.0. The van der Waals surface area contributed by atoms with E-state index in [-0.39, 0.29) is 37.7 Å². The fourth-order valence-corrected chi connectivity index (χ4v) is 8.17. The fraction of sp³-hybridized carbons (Fsp3) is 0.214. The molecule has 31 heavy (non-hydrogen) atoms. The molecule has 2 aliphatic carbocycles. The number of benzene rings is 3. The van der Waals surface area contributed by atoms with Gasteiger partial charge in [-0.2, -0.15) is 0 Å². The summed E-state index contributed by atoms with van der Waals surface area (Å²) < 4.78 is 0. The van der Waals surface area contributed by atoms with Crippen molar-refractivity contribution in [2.75, 3.05) is 0 Å². The minimum Gasteiger partial charge on any atom is -0.147 e. The quantitative estimate of drug-likeness (QED) is 0.307. The van der Waals surface area contributed by atoms with Crippen LogP contribution in [0.5, 0.6) is 0 Å². The van der Waals surface area contributed by atoms with Crippen LogP contribution in [0.2, 0.25) is 13.1 Å². The van der Waals surface area contributed by atoms with Crippen molar-refractivity contribution in [3.8, 4) is 11.1 Å². The molecule has 146 valence electrons. The van der Waals surface area contributed by atoms with Crippen molar-refractivity contribution in [1.29, 1.82) is 0 Å². The predicted octanol–water partition coefficient (Wildman–Crippen LogP) is 0.880. The van der Waals surface area contributed by atoms with Gasteiger partial charge >= 0.3 is 37.7 Å². The Bertz CT molecular complexity index is 1290. The maximum absolute atomic E-state index is 2.55. The molecule has 0 radical (unpaired) electrons. The van der Waals surface area contributed by atoms with E-state index in [2.05, 4.69) is 106 Å². The van der Waals surface area contributed by atoms with Crippen molar-refractivity contribution >= 4 is 40.0 Å². The molecule has 2 aliphatic rings. The molecule has 5 rings (SSSR count). The normalized spacial score (nSPS) is 12.6. The van der Waals surface area contributed by atoms with Gasteiger partial charge in [0.1, 0.15) is 0 Å². The molecule has 0 saturated carbocycles. The summed E-state index contributed by atoms with van der Waals surface area (Å²) in [4.78, 5) is 0. The maximum Gasteiger partial charge on any atom is 1.00 e. The Labute approximate surface area is 211 Å². The first-order valence-electron chi connectivity index (χ1n) is 10.8. The predicted molar refractivity (Wildman–Crippen MR) is 131 cm³/mol. The van der Waals surface area contributed by atoms with Gasteiger partial charge in [0.25, 0.3) is 0 Å². The molecular weight excluding hydrogens is 378 g/mol. The van der Waals surface area contributed by atoms with Gasteiger partial charge in [-0.3, -0.25) is 0 Å². The van der Waals surface area contributed by atoms with E-state index in [0.717, 1.165) is 0 Å². The SMILES string of the molecule is CCC(C)c1cc([Si](C)(C)c2ccc3c4cccc[c-]4ccc2-3)c2cccc[c-]12.[Li+].[Li+]. The van der Waals surface area contributed by atoms with E-state index < -0.39 is 8.07 Å². The first kappa shape index (κ1) is 24.2. The molecule has 0 heterocycles. The number of hydrogen-bond donors (Lipinski definition) is 0. The monoisotopic (exact) mass is 406 g/mol. The zero-order valence-corrected chi connectivity index (χ0v) is 20.8. The van der Waals surface area contributed by atoms with Crippen molar-refractivity contribution in [3.63, 3.8) is 0 Å². The van der Waals surface area contributed by atoms with Crippen LogP contribution in [0.15, 0.2) is 78.9 Å². The Hall–Kier alpha value is -1.45. The van der Waals surface area contributed by atoms with Crippen LogP contribution < -0.4 is 48.1 Å². The summed E-state index contributed by atoms with van der Waals surface area (Å²) in [7, 11) is -1.86. The second-order valence-corrected chi connectivity index (χ2v) is 13.3. The second kappa shape index (κ2) is 9.19. The van der Waals surface area contributed by atoms with E-state index in [1.165, 1.54) is 44.7 Å². The van der Waals surface area contributed by atoms with Gasteiger partial charge in [0.15, 0.2) is 0 Å². The Morgan fingerprint density at radius 2 is 1.48 bits per heavy atom. The van der Waals surface area contributed by atoms with Gasteiger partial charge in [0, 0.05) is 0 Å². The van der Waals surface area contributed by atoms with Crippen LogP contribution in [0.25, 0.3) is 32.7 Å². The molecule has 1 atom stereocenters. The smallest absolute Gasteiger partial charge is 0.147 e. The average molecular weight is 407 g/mol. The molecule has 3 aromatic rings. The van der Waals surface area contributed by atoms with E-state index in [1.807, 2.05) is 0 Å². The second-order valence-electron chi connectivity index (χ2n) is 8.99. The number of fused-ring (bicyclic) bond motifs is 4. The van der Waals surface area contributed by atoms with Crippen molar-refractivity contribution in [3.05, 3.63) is 84.4 Å². The van der Waals surface area contributed by atoms with Gasteiger partial charge < -0.3 is 0 Å². The van der Waals surface area contributed by atoms with Crippen LogP contribution in [-0.2, 0) is 0 Å². The summed E-state index contributed by atoms with van der Waals surface area (Å²) in [5, 5.41) is 8.77. The van der Waals surface area contributed by atoms with Crippen LogP contribution in [0.3, 0.4) is 0 Å². The van der Waals surface area contributed by atoms with Gasteiger partial charge in [-0.05, 0) is 5.92 Å². The van der Waals surface area contributed by atoms with Crippen LogP contribution in [0.1, 0.15) is 31.7 Å². The standard InChI is InChI=1S/C28H28Si.2Li/c1-5-19(2)26-18-28(24-13-9-8-12-22(24)26)29(3,4)27-17-16-23-21-11-7-6-10-20(21)14-15-25(23)27;;/h6-19H,5H2,1-4H3;;/q-2;2*+1. The minimum atomic E-state index is -1.86. The molecule has 0 amide bonds. The summed E-state index contributed by atoms with van der Waals surface area (Å²) in [6.45, 7) is 9.72. The summed E-state index contributed by atoms with van der Waals surface area (Å²) in [5.74, 6) is 0.596. The molecule has 0 aromatic heterocycles. The van der Waals surface area contributed by atoms with Gasteiger partial charge in [-0.1, -0.05) is 72.6 Å². The van der Waals surface area contributed by atoms with E-state index in [0.29, 0.717) is 5.92 Å². The molecule has 0 saturated heterocycles. The van der Waals surface area contributed by atoms with Crippen molar-refractivity contribution in [1.82, 2.24) is 0 Å². The van der Waals surface area contributed by atoms with E-state index in [4.69, 9.17) is 0 Å².